The summed E-state index contributed by atoms with van der Waals surface area (Å²) in [6.07, 6.45) is 1.53. The van der Waals surface area contributed by atoms with Crippen LogP contribution in [0.2, 0.25) is 0 Å². The third-order valence-corrected chi connectivity index (χ3v) is 3.22. The number of carbonyl (C=O) groups excluding carboxylic acids is 1. The summed E-state index contributed by atoms with van der Waals surface area (Å²) in [6.45, 7) is 0. The SMILES string of the molecule is O=C(c1cccc(F)c1)N(c1cccc(F)c1)c1ccccn1. The molecular formula is C18H12F2N2O. The van der Waals surface area contributed by atoms with E-state index in [0.717, 1.165) is 6.07 Å². The monoisotopic (exact) mass is 310 g/mol. The lowest BCUT2D eigenvalue weighted by Crippen LogP contribution is -2.27. The first-order valence-corrected chi connectivity index (χ1v) is 6.92. The number of nitrogens with zero attached hydrogens (tertiary/aromatic N) is 2. The molecule has 3 rings (SSSR count). The number of hydrogen-bond donors (Lipinski definition) is 0. The molecule has 3 aromatic rings. The van der Waals surface area contributed by atoms with Crippen molar-refractivity contribution in [3.05, 3.63) is 90.1 Å². The smallest absolute Gasteiger partial charge is 0.264 e. The van der Waals surface area contributed by atoms with E-state index in [1.54, 1.807) is 24.3 Å². The molecule has 0 unspecified atom stereocenters. The number of rotatable bonds is 3. The second kappa shape index (κ2) is 6.36. The van der Waals surface area contributed by atoms with Crippen molar-refractivity contribution in [1.29, 1.82) is 0 Å². The van der Waals surface area contributed by atoms with Gasteiger partial charge in [0.2, 0.25) is 0 Å². The number of aromatic nitrogens is 1. The second-order valence-electron chi connectivity index (χ2n) is 4.82. The fourth-order valence-electron chi connectivity index (χ4n) is 2.21. The van der Waals surface area contributed by atoms with Crippen LogP contribution in [0.25, 0.3) is 0 Å². The molecule has 2 aromatic carbocycles. The van der Waals surface area contributed by atoms with E-state index in [0.29, 0.717) is 11.5 Å². The van der Waals surface area contributed by atoms with Crippen LogP contribution in [0.1, 0.15) is 10.4 Å². The van der Waals surface area contributed by atoms with Crippen molar-refractivity contribution in [2.75, 3.05) is 4.90 Å². The number of amides is 1. The first kappa shape index (κ1) is 14.8. The number of pyridine rings is 1. The quantitative estimate of drug-likeness (QED) is 0.721. The molecule has 3 nitrogen and oxygen atoms in total. The van der Waals surface area contributed by atoms with Gasteiger partial charge in [0, 0.05) is 11.8 Å². The molecule has 0 spiro atoms. The van der Waals surface area contributed by atoms with Gasteiger partial charge in [-0.1, -0.05) is 18.2 Å². The summed E-state index contributed by atoms with van der Waals surface area (Å²) in [5.41, 5.74) is 0.470. The Bertz CT molecular complexity index is 837. The molecule has 23 heavy (non-hydrogen) atoms. The molecule has 0 saturated carbocycles. The Morgan fingerprint density at radius 1 is 0.870 bits per heavy atom. The van der Waals surface area contributed by atoms with Crippen molar-refractivity contribution >= 4 is 17.4 Å². The Morgan fingerprint density at radius 2 is 1.61 bits per heavy atom. The van der Waals surface area contributed by atoms with Crippen LogP contribution in [0, 0.1) is 11.6 Å². The lowest BCUT2D eigenvalue weighted by atomic mass is 10.1. The summed E-state index contributed by atoms with van der Waals surface area (Å²) in [5, 5.41) is 0. The van der Waals surface area contributed by atoms with Gasteiger partial charge in [-0.3, -0.25) is 9.69 Å². The van der Waals surface area contributed by atoms with Gasteiger partial charge >= 0.3 is 0 Å². The molecule has 0 radical (unpaired) electrons. The van der Waals surface area contributed by atoms with E-state index in [4.69, 9.17) is 0 Å². The highest BCUT2D eigenvalue weighted by Crippen LogP contribution is 2.26. The Morgan fingerprint density at radius 3 is 2.26 bits per heavy atom. The van der Waals surface area contributed by atoms with Crippen LogP contribution in [0.4, 0.5) is 20.3 Å². The van der Waals surface area contributed by atoms with E-state index in [-0.39, 0.29) is 5.56 Å². The molecule has 0 atom stereocenters. The predicted molar refractivity (Wildman–Crippen MR) is 83.5 cm³/mol. The number of hydrogen-bond acceptors (Lipinski definition) is 2. The maximum atomic E-state index is 13.6. The first-order chi connectivity index (χ1) is 11.1. The molecule has 1 heterocycles. The van der Waals surface area contributed by atoms with Crippen LogP contribution in [0.15, 0.2) is 72.9 Å². The van der Waals surface area contributed by atoms with Gasteiger partial charge in [-0.15, -0.1) is 0 Å². The summed E-state index contributed by atoms with van der Waals surface area (Å²) < 4.78 is 27.0. The van der Waals surface area contributed by atoms with Gasteiger partial charge in [0.25, 0.3) is 5.91 Å². The van der Waals surface area contributed by atoms with Gasteiger partial charge in [0.15, 0.2) is 0 Å². The fourth-order valence-corrected chi connectivity index (χ4v) is 2.21. The maximum absolute atomic E-state index is 13.6. The minimum absolute atomic E-state index is 0.153. The lowest BCUT2D eigenvalue weighted by Gasteiger charge is -2.22. The largest absolute Gasteiger partial charge is 0.268 e. The maximum Gasteiger partial charge on any atom is 0.264 e. The molecule has 1 aromatic heterocycles. The summed E-state index contributed by atoms with van der Waals surface area (Å²) in [7, 11) is 0. The molecule has 0 aliphatic rings. The molecule has 5 heteroatoms. The highest BCUT2D eigenvalue weighted by molar-refractivity contribution is 6.10. The summed E-state index contributed by atoms with van der Waals surface area (Å²) >= 11 is 0. The molecular weight excluding hydrogens is 298 g/mol. The van der Waals surface area contributed by atoms with Crippen LogP contribution in [-0.4, -0.2) is 10.9 Å². The van der Waals surface area contributed by atoms with Gasteiger partial charge in [-0.2, -0.15) is 0 Å². The predicted octanol–water partition coefficient (Wildman–Crippen LogP) is 4.34. The second-order valence-corrected chi connectivity index (χ2v) is 4.82. The van der Waals surface area contributed by atoms with Crippen LogP contribution < -0.4 is 4.90 Å². The van der Waals surface area contributed by atoms with E-state index in [9.17, 15) is 13.6 Å². The zero-order valence-electron chi connectivity index (χ0n) is 12.0. The molecule has 0 saturated heterocycles. The van der Waals surface area contributed by atoms with E-state index in [2.05, 4.69) is 4.98 Å². The van der Waals surface area contributed by atoms with Gasteiger partial charge in [0.05, 0.1) is 5.69 Å². The minimum Gasteiger partial charge on any atom is -0.268 e. The van der Waals surface area contributed by atoms with E-state index in [1.807, 2.05) is 0 Å². The highest BCUT2D eigenvalue weighted by Gasteiger charge is 2.21. The van der Waals surface area contributed by atoms with E-state index >= 15 is 0 Å². The zero-order chi connectivity index (χ0) is 16.2. The molecule has 0 aliphatic carbocycles. The average Bonchev–Trinajstić information content (AvgIpc) is 2.56. The molecule has 114 valence electrons. The molecule has 1 amide bonds. The van der Waals surface area contributed by atoms with Crippen LogP contribution >= 0.6 is 0 Å². The number of anilines is 2. The van der Waals surface area contributed by atoms with E-state index in [1.165, 1.54) is 47.5 Å². The summed E-state index contributed by atoms with van der Waals surface area (Å²) in [6, 6.07) is 16.0. The molecule has 0 bridgehead atoms. The number of halogens is 2. The number of benzene rings is 2. The summed E-state index contributed by atoms with van der Waals surface area (Å²) in [5.74, 6) is -1.16. The average molecular weight is 310 g/mol. The minimum atomic E-state index is -0.518. The van der Waals surface area contributed by atoms with Crippen molar-refractivity contribution in [3.63, 3.8) is 0 Å². The van der Waals surface area contributed by atoms with Crippen molar-refractivity contribution in [2.24, 2.45) is 0 Å². The first-order valence-electron chi connectivity index (χ1n) is 6.92. The molecule has 0 N–H and O–H groups in total. The highest BCUT2D eigenvalue weighted by atomic mass is 19.1. The third kappa shape index (κ3) is 3.23. The normalized spacial score (nSPS) is 10.3. The van der Waals surface area contributed by atoms with Crippen molar-refractivity contribution in [1.82, 2.24) is 4.98 Å². The van der Waals surface area contributed by atoms with Crippen molar-refractivity contribution < 1.29 is 13.6 Å². The fraction of sp³-hybridized carbons (Fsp3) is 0. The van der Waals surface area contributed by atoms with Crippen LogP contribution in [-0.2, 0) is 0 Å². The summed E-state index contributed by atoms with van der Waals surface area (Å²) in [4.78, 5) is 18.2. The Hall–Kier alpha value is -3.08. The zero-order valence-corrected chi connectivity index (χ0v) is 12.0. The Balaban J connectivity index is 2.10. The van der Waals surface area contributed by atoms with Gasteiger partial charge in [0.1, 0.15) is 17.5 Å². The third-order valence-electron chi connectivity index (χ3n) is 3.22. The van der Waals surface area contributed by atoms with Crippen molar-refractivity contribution in [2.45, 2.75) is 0 Å². The van der Waals surface area contributed by atoms with E-state index < -0.39 is 17.5 Å². The lowest BCUT2D eigenvalue weighted by molar-refractivity contribution is 0.0998. The molecule has 0 fully saturated rings. The van der Waals surface area contributed by atoms with Gasteiger partial charge in [-0.05, 0) is 48.5 Å². The topological polar surface area (TPSA) is 33.2 Å². The van der Waals surface area contributed by atoms with Gasteiger partial charge in [-0.25, -0.2) is 13.8 Å². The Kier molecular flexibility index (Phi) is 4.10. The van der Waals surface area contributed by atoms with Crippen LogP contribution in [0.3, 0.4) is 0 Å². The van der Waals surface area contributed by atoms with Crippen LogP contribution in [0.5, 0.6) is 0 Å². The van der Waals surface area contributed by atoms with Gasteiger partial charge < -0.3 is 0 Å². The molecule has 0 aliphatic heterocycles. The van der Waals surface area contributed by atoms with Crippen molar-refractivity contribution in [3.8, 4) is 0 Å². The standard InChI is InChI=1S/C18H12F2N2O/c19-14-6-3-5-13(11-14)18(23)22(17-9-1-2-10-21-17)16-8-4-7-15(20)12-16/h1-12H. The number of carbonyl (C=O) groups is 1. The Labute approximate surface area is 131 Å².